The first-order valence-electron chi connectivity index (χ1n) is 5.69. The van der Waals surface area contributed by atoms with E-state index in [2.05, 4.69) is 0 Å². The van der Waals surface area contributed by atoms with Gasteiger partial charge in [0.1, 0.15) is 0 Å². The van der Waals surface area contributed by atoms with Gasteiger partial charge in [0.25, 0.3) is 0 Å². The van der Waals surface area contributed by atoms with Crippen molar-refractivity contribution in [1.29, 1.82) is 0 Å². The van der Waals surface area contributed by atoms with E-state index in [9.17, 15) is 4.57 Å². The fraction of sp³-hybridized carbons (Fsp3) is 0.500. The van der Waals surface area contributed by atoms with Gasteiger partial charge in [-0.05, 0) is 17.7 Å². The van der Waals surface area contributed by atoms with Crippen LogP contribution in [0.5, 0.6) is 0 Å². The maximum absolute atomic E-state index is 12.3. The standard InChI is InChI=1S/C12H16ClO3P/c1-9(2)17(14)15-7-6-12(16-17)10-4-3-5-11(13)8-10/h3-5,8-9,12H,6-7H2,1-2H3/t12-,17?/m0/s1. The molecule has 0 aliphatic carbocycles. The van der Waals surface area contributed by atoms with E-state index >= 15 is 0 Å². The smallest absolute Gasteiger partial charge is 0.308 e. The molecule has 1 fully saturated rings. The normalized spacial score (nSPS) is 29.5. The van der Waals surface area contributed by atoms with Gasteiger partial charge in [-0.15, -0.1) is 0 Å². The highest BCUT2D eigenvalue weighted by Gasteiger charge is 2.37. The number of hydrogen-bond donors (Lipinski definition) is 0. The fourth-order valence-corrected chi connectivity index (χ4v) is 3.50. The summed E-state index contributed by atoms with van der Waals surface area (Å²) in [6, 6.07) is 7.47. The minimum atomic E-state index is -2.97. The third-order valence-electron chi connectivity index (χ3n) is 2.78. The lowest BCUT2D eigenvalue weighted by Crippen LogP contribution is -2.18. The summed E-state index contributed by atoms with van der Waals surface area (Å²) in [7, 11) is -2.97. The molecule has 0 amide bonds. The predicted octanol–water partition coefficient (Wildman–Crippen LogP) is 4.42. The molecule has 1 saturated heterocycles. The van der Waals surface area contributed by atoms with Gasteiger partial charge in [0.2, 0.25) is 0 Å². The molecule has 5 heteroatoms. The van der Waals surface area contributed by atoms with Crippen LogP contribution in [0.4, 0.5) is 0 Å². The second-order valence-corrected chi connectivity index (χ2v) is 7.42. The van der Waals surface area contributed by atoms with Crippen LogP contribution in [0.2, 0.25) is 5.02 Å². The van der Waals surface area contributed by atoms with Crippen LogP contribution in [0.1, 0.15) is 31.9 Å². The summed E-state index contributed by atoms with van der Waals surface area (Å²) < 4.78 is 23.3. The first kappa shape index (κ1) is 13.1. The summed E-state index contributed by atoms with van der Waals surface area (Å²) in [5.41, 5.74) is 0.839. The van der Waals surface area contributed by atoms with Crippen molar-refractivity contribution in [2.45, 2.75) is 32.0 Å². The summed E-state index contributed by atoms with van der Waals surface area (Å²) in [6.45, 7) is 4.16. The van der Waals surface area contributed by atoms with Gasteiger partial charge < -0.3 is 9.05 Å². The van der Waals surface area contributed by atoms with Crippen molar-refractivity contribution in [3.05, 3.63) is 34.9 Å². The molecule has 94 valence electrons. The molecule has 1 aliphatic heterocycles. The Labute approximate surface area is 107 Å². The van der Waals surface area contributed by atoms with Gasteiger partial charge in [-0.25, -0.2) is 0 Å². The summed E-state index contributed by atoms with van der Waals surface area (Å²) in [6.07, 6.45) is 0.521. The zero-order valence-electron chi connectivity index (χ0n) is 9.93. The second kappa shape index (κ2) is 5.11. The van der Waals surface area contributed by atoms with Crippen molar-refractivity contribution in [2.75, 3.05) is 6.61 Å². The lowest BCUT2D eigenvalue weighted by atomic mass is 10.1. The highest BCUT2D eigenvalue weighted by molar-refractivity contribution is 7.54. The maximum atomic E-state index is 12.3. The largest absolute Gasteiger partial charge is 0.333 e. The number of rotatable bonds is 2. The Balaban J connectivity index is 2.21. The van der Waals surface area contributed by atoms with Crippen molar-refractivity contribution >= 4 is 19.2 Å². The Bertz CT molecular complexity index is 447. The molecule has 1 aliphatic rings. The molecule has 2 atom stereocenters. The zero-order chi connectivity index (χ0) is 12.5. The van der Waals surface area contributed by atoms with Crippen molar-refractivity contribution in [2.24, 2.45) is 0 Å². The van der Waals surface area contributed by atoms with Gasteiger partial charge in [0, 0.05) is 11.4 Å². The van der Waals surface area contributed by atoms with E-state index in [1.165, 1.54) is 0 Å². The molecule has 2 rings (SSSR count). The summed E-state index contributed by atoms with van der Waals surface area (Å²) in [5, 5.41) is 0.664. The van der Waals surface area contributed by atoms with Crippen LogP contribution in [-0.4, -0.2) is 12.3 Å². The third kappa shape index (κ3) is 2.92. The van der Waals surface area contributed by atoms with Crippen molar-refractivity contribution in [3.8, 4) is 0 Å². The van der Waals surface area contributed by atoms with Crippen LogP contribution >= 0.6 is 19.2 Å². The van der Waals surface area contributed by atoms with E-state index in [0.717, 1.165) is 5.56 Å². The quantitative estimate of drug-likeness (QED) is 0.749. The van der Waals surface area contributed by atoms with Crippen molar-refractivity contribution in [3.63, 3.8) is 0 Å². The van der Waals surface area contributed by atoms with E-state index in [-0.39, 0.29) is 11.8 Å². The third-order valence-corrected chi connectivity index (χ3v) is 5.37. The van der Waals surface area contributed by atoms with E-state index in [0.29, 0.717) is 18.1 Å². The van der Waals surface area contributed by atoms with Gasteiger partial charge >= 0.3 is 7.60 Å². The maximum Gasteiger partial charge on any atom is 0.333 e. The second-order valence-electron chi connectivity index (χ2n) is 4.40. The molecule has 3 nitrogen and oxygen atoms in total. The molecule has 0 aromatic heterocycles. The average molecular weight is 275 g/mol. The lowest BCUT2D eigenvalue weighted by Gasteiger charge is -2.32. The van der Waals surface area contributed by atoms with E-state index < -0.39 is 7.60 Å². The molecule has 0 N–H and O–H groups in total. The molecule has 1 aromatic carbocycles. The number of benzene rings is 1. The van der Waals surface area contributed by atoms with Crippen LogP contribution < -0.4 is 0 Å². The highest BCUT2D eigenvalue weighted by atomic mass is 35.5. The molecule has 17 heavy (non-hydrogen) atoms. The number of halogens is 1. The van der Waals surface area contributed by atoms with Gasteiger partial charge in [-0.3, -0.25) is 4.57 Å². The van der Waals surface area contributed by atoms with Crippen LogP contribution in [-0.2, 0) is 13.6 Å². The Morgan fingerprint density at radius 3 is 2.88 bits per heavy atom. The average Bonchev–Trinajstić information content (AvgIpc) is 2.29. The Morgan fingerprint density at radius 2 is 2.24 bits per heavy atom. The highest BCUT2D eigenvalue weighted by Crippen LogP contribution is 2.59. The van der Waals surface area contributed by atoms with E-state index in [1.54, 1.807) is 0 Å². The van der Waals surface area contributed by atoms with E-state index in [1.807, 2.05) is 38.1 Å². The molecule has 1 unspecified atom stereocenters. The monoisotopic (exact) mass is 274 g/mol. The fourth-order valence-electron chi connectivity index (χ4n) is 1.75. The molecule has 0 saturated carbocycles. The molecule has 0 radical (unpaired) electrons. The van der Waals surface area contributed by atoms with Gasteiger partial charge in [-0.1, -0.05) is 37.6 Å². The Hall–Kier alpha value is -0.340. The first-order valence-corrected chi connectivity index (χ1v) is 7.68. The Morgan fingerprint density at radius 1 is 1.47 bits per heavy atom. The molecule has 0 bridgehead atoms. The summed E-state index contributed by atoms with van der Waals surface area (Å²) in [4.78, 5) is 0. The first-order chi connectivity index (χ1) is 8.01. The molecule has 1 heterocycles. The van der Waals surface area contributed by atoms with Crippen LogP contribution in [0.3, 0.4) is 0 Å². The topological polar surface area (TPSA) is 35.5 Å². The lowest BCUT2D eigenvalue weighted by molar-refractivity contribution is 0.0781. The van der Waals surface area contributed by atoms with Crippen LogP contribution in [0.15, 0.2) is 24.3 Å². The molecule has 1 aromatic rings. The van der Waals surface area contributed by atoms with Gasteiger partial charge in [-0.2, -0.15) is 0 Å². The Kier molecular flexibility index (Phi) is 3.94. The number of hydrogen-bond acceptors (Lipinski definition) is 3. The minimum absolute atomic E-state index is 0.121. The van der Waals surface area contributed by atoms with Crippen molar-refractivity contribution in [1.82, 2.24) is 0 Å². The molecular formula is C12H16ClO3P. The van der Waals surface area contributed by atoms with Gasteiger partial charge in [0.15, 0.2) is 0 Å². The van der Waals surface area contributed by atoms with Gasteiger partial charge in [0.05, 0.1) is 18.4 Å². The minimum Gasteiger partial charge on any atom is -0.308 e. The summed E-state index contributed by atoms with van der Waals surface area (Å²) in [5.74, 6) is 0. The van der Waals surface area contributed by atoms with Crippen molar-refractivity contribution < 1.29 is 13.6 Å². The molecular weight excluding hydrogens is 259 g/mol. The molecule has 0 spiro atoms. The van der Waals surface area contributed by atoms with Crippen LogP contribution in [0, 0.1) is 0 Å². The zero-order valence-corrected chi connectivity index (χ0v) is 11.6. The summed E-state index contributed by atoms with van der Waals surface area (Å²) >= 11 is 5.94. The van der Waals surface area contributed by atoms with Crippen LogP contribution in [0.25, 0.3) is 0 Å². The SMILES string of the molecule is CC(C)P1(=O)OCC[C@@H](c2cccc(Cl)c2)O1. The van der Waals surface area contributed by atoms with E-state index in [4.69, 9.17) is 20.6 Å². The predicted molar refractivity (Wildman–Crippen MR) is 68.6 cm³/mol.